The molecular formula is C22H28N4O6S. The lowest BCUT2D eigenvalue weighted by Crippen LogP contribution is -2.19. The van der Waals surface area contributed by atoms with Crippen molar-refractivity contribution in [3.8, 4) is 0 Å². The maximum absolute atomic E-state index is 12.6. The number of carbonyl (C=O) groups is 3. The van der Waals surface area contributed by atoms with Gasteiger partial charge in [-0.1, -0.05) is 25.6 Å². The molecule has 10 nitrogen and oxygen atoms in total. The van der Waals surface area contributed by atoms with Crippen LogP contribution in [-0.2, 0) is 25.5 Å². The van der Waals surface area contributed by atoms with Gasteiger partial charge in [0.05, 0.1) is 43.7 Å². The lowest BCUT2D eigenvalue weighted by Gasteiger charge is -2.16. The Hall–Kier alpha value is -2.92. The van der Waals surface area contributed by atoms with Crippen LogP contribution in [-0.4, -0.2) is 65.3 Å². The number of rotatable bonds is 9. The normalized spacial score (nSPS) is 15.5. The van der Waals surface area contributed by atoms with E-state index < -0.39 is 11.9 Å². The smallest absolute Gasteiger partial charge is 0.337 e. The predicted octanol–water partition coefficient (Wildman–Crippen LogP) is 2.88. The summed E-state index contributed by atoms with van der Waals surface area (Å²) in [4.78, 5) is 36.5. The van der Waals surface area contributed by atoms with Crippen molar-refractivity contribution in [1.29, 1.82) is 0 Å². The fraction of sp³-hybridized carbons (Fsp3) is 0.500. The average Bonchev–Trinajstić information content (AvgIpc) is 3.46. The van der Waals surface area contributed by atoms with Crippen molar-refractivity contribution < 1.29 is 28.6 Å². The highest BCUT2D eigenvalue weighted by atomic mass is 32.2. The Morgan fingerprint density at radius 1 is 1.15 bits per heavy atom. The van der Waals surface area contributed by atoms with Crippen molar-refractivity contribution in [3.05, 3.63) is 35.2 Å². The number of nitrogens with zero attached hydrogens (tertiary/aromatic N) is 3. The van der Waals surface area contributed by atoms with Crippen LogP contribution in [0.2, 0.25) is 0 Å². The van der Waals surface area contributed by atoms with Crippen molar-refractivity contribution in [3.63, 3.8) is 0 Å². The Morgan fingerprint density at radius 3 is 2.36 bits per heavy atom. The first-order valence-electron chi connectivity index (χ1n) is 10.6. The van der Waals surface area contributed by atoms with Crippen molar-refractivity contribution in [2.24, 2.45) is 0 Å². The summed E-state index contributed by atoms with van der Waals surface area (Å²) < 4.78 is 17.2. The van der Waals surface area contributed by atoms with Crippen LogP contribution in [0.3, 0.4) is 0 Å². The van der Waals surface area contributed by atoms with Gasteiger partial charge in [0.25, 0.3) is 0 Å². The molecule has 11 heteroatoms. The lowest BCUT2D eigenvalue weighted by molar-refractivity contribution is -0.113. The standard InChI is InChI=1S/C22H28N4O6S/c1-13(2)19-24-25-22(26(19)11-17-6-5-7-32-17)33-12-18(27)23-16-9-14(20(28)30-3)8-15(10-16)21(29)31-4/h8-10,13,17H,5-7,11-12H2,1-4H3,(H,23,27). The molecule has 0 spiro atoms. The number of nitrogens with one attached hydrogen (secondary N) is 1. The molecule has 1 atom stereocenters. The SMILES string of the molecule is COC(=O)c1cc(NC(=O)CSc2nnc(C(C)C)n2CC2CCCO2)cc(C(=O)OC)c1. The molecule has 178 valence electrons. The Kier molecular flexibility index (Phi) is 8.45. The van der Waals surface area contributed by atoms with Crippen LogP contribution >= 0.6 is 11.8 Å². The number of thioether (sulfide) groups is 1. The summed E-state index contributed by atoms with van der Waals surface area (Å²) in [5.74, 6) is -0.488. The van der Waals surface area contributed by atoms with Gasteiger partial charge in [0, 0.05) is 18.2 Å². The summed E-state index contributed by atoms with van der Waals surface area (Å²) >= 11 is 1.26. The number of hydrogen-bond donors (Lipinski definition) is 1. The van der Waals surface area contributed by atoms with Crippen LogP contribution in [0.4, 0.5) is 5.69 Å². The van der Waals surface area contributed by atoms with Crippen LogP contribution < -0.4 is 5.32 Å². The molecule has 2 aromatic rings. The van der Waals surface area contributed by atoms with E-state index in [4.69, 9.17) is 14.2 Å². The summed E-state index contributed by atoms with van der Waals surface area (Å²) in [6.07, 6.45) is 2.14. The first-order chi connectivity index (χ1) is 15.8. The summed E-state index contributed by atoms with van der Waals surface area (Å²) in [7, 11) is 2.47. The summed E-state index contributed by atoms with van der Waals surface area (Å²) in [6, 6.07) is 4.23. The average molecular weight is 477 g/mol. The van der Waals surface area contributed by atoms with Crippen molar-refractivity contribution in [2.75, 3.05) is 31.9 Å². The molecule has 1 saturated heterocycles. The van der Waals surface area contributed by atoms with Gasteiger partial charge < -0.3 is 24.1 Å². The highest BCUT2D eigenvalue weighted by Crippen LogP contribution is 2.25. The lowest BCUT2D eigenvalue weighted by atomic mass is 10.1. The zero-order valence-corrected chi connectivity index (χ0v) is 19.9. The molecule has 2 heterocycles. The molecule has 0 saturated carbocycles. The molecule has 3 rings (SSSR count). The molecule has 1 unspecified atom stereocenters. The zero-order chi connectivity index (χ0) is 24.0. The fourth-order valence-electron chi connectivity index (χ4n) is 3.50. The Morgan fingerprint density at radius 2 is 1.82 bits per heavy atom. The van der Waals surface area contributed by atoms with Crippen molar-refractivity contribution >= 4 is 35.3 Å². The van der Waals surface area contributed by atoms with Crippen LogP contribution in [0.25, 0.3) is 0 Å². The maximum Gasteiger partial charge on any atom is 0.337 e. The van der Waals surface area contributed by atoms with E-state index in [2.05, 4.69) is 15.5 Å². The minimum absolute atomic E-state index is 0.0672. The third kappa shape index (κ3) is 6.32. The molecule has 0 bridgehead atoms. The Balaban J connectivity index is 1.71. The van der Waals surface area contributed by atoms with Gasteiger partial charge >= 0.3 is 11.9 Å². The summed E-state index contributed by atoms with van der Waals surface area (Å²) in [5.41, 5.74) is 0.537. The second-order valence-electron chi connectivity index (χ2n) is 7.86. The van der Waals surface area contributed by atoms with Gasteiger partial charge in [0.15, 0.2) is 5.16 Å². The summed E-state index contributed by atoms with van der Waals surface area (Å²) in [6.45, 7) is 5.50. The van der Waals surface area contributed by atoms with E-state index >= 15 is 0 Å². The first kappa shape index (κ1) is 24.7. The van der Waals surface area contributed by atoms with E-state index in [0.717, 1.165) is 25.3 Å². The van der Waals surface area contributed by atoms with Gasteiger partial charge in [-0.15, -0.1) is 10.2 Å². The van der Waals surface area contributed by atoms with Crippen LogP contribution in [0.15, 0.2) is 23.4 Å². The number of amides is 1. The quantitative estimate of drug-likeness (QED) is 0.430. The third-order valence-electron chi connectivity index (χ3n) is 5.06. The van der Waals surface area contributed by atoms with Crippen LogP contribution in [0, 0.1) is 0 Å². The van der Waals surface area contributed by atoms with Gasteiger partial charge in [-0.2, -0.15) is 0 Å². The number of anilines is 1. The first-order valence-corrected chi connectivity index (χ1v) is 11.6. The monoisotopic (exact) mass is 476 g/mol. The van der Waals surface area contributed by atoms with Crippen molar-refractivity contribution in [1.82, 2.24) is 14.8 Å². The maximum atomic E-state index is 12.6. The molecule has 1 aromatic carbocycles. The summed E-state index contributed by atoms with van der Waals surface area (Å²) in [5, 5.41) is 11.9. The molecular weight excluding hydrogens is 448 g/mol. The second kappa shape index (κ2) is 11.3. The van der Waals surface area contributed by atoms with Crippen LogP contribution in [0.5, 0.6) is 0 Å². The van der Waals surface area contributed by atoms with E-state index in [1.165, 1.54) is 44.2 Å². The van der Waals surface area contributed by atoms with Gasteiger partial charge in [0.2, 0.25) is 5.91 Å². The largest absolute Gasteiger partial charge is 0.465 e. The molecule has 33 heavy (non-hydrogen) atoms. The fourth-order valence-corrected chi connectivity index (χ4v) is 4.25. The molecule has 1 fully saturated rings. The van der Waals surface area contributed by atoms with Gasteiger partial charge in [0.1, 0.15) is 5.82 Å². The van der Waals surface area contributed by atoms with Gasteiger partial charge in [-0.3, -0.25) is 4.79 Å². The van der Waals surface area contributed by atoms with Crippen LogP contribution in [0.1, 0.15) is 59.1 Å². The minimum atomic E-state index is -0.630. The third-order valence-corrected chi connectivity index (χ3v) is 6.03. The van der Waals surface area contributed by atoms with Gasteiger partial charge in [-0.05, 0) is 31.0 Å². The molecule has 0 aliphatic carbocycles. The van der Waals surface area contributed by atoms with E-state index in [9.17, 15) is 14.4 Å². The van der Waals surface area contributed by atoms with Crippen molar-refractivity contribution in [2.45, 2.75) is 50.4 Å². The highest BCUT2D eigenvalue weighted by molar-refractivity contribution is 7.99. The number of ether oxygens (including phenoxy) is 3. The van der Waals surface area contributed by atoms with Gasteiger partial charge in [-0.25, -0.2) is 9.59 Å². The zero-order valence-electron chi connectivity index (χ0n) is 19.1. The number of carbonyl (C=O) groups excluding carboxylic acids is 3. The van der Waals surface area contributed by atoms with E-state index in [1.54, 1.807) is 0 Å². The molecule has 1 amide bonds. The number of esters is 2. The minimum Gasteiger partial charge on any atom is -0.465 e. The predicted molar refractivity (Wildman–Crippen MR) is 122 cm³/mol. The second-order valence-corrected chi connectivity index (χ2v) is 8.80. The molecule has 1 aliphatic rings. The molecule has 1 aromatic heterocycles. The number of hydrogen-bond acceptors (Lipinski definition) is 9. The van der Waals surface area contributed by atoms with E-state index in [0.29, 0.717) is 11.7 Å². The van der Waals surface area contributed by atoms with E-state index in [-0.39, 0.29) is 40.5 Å². The Bertz CT molecular complexity index is 982. The molecule has 0 radical (unpaired) electrons. The molecule has 1 aliphatic heterocycles. The molecule has 1 N–H and O–H groups in total. The van der Waals surface area contributed by atoms with E-state index in [1.807, 2.05) is 18.4 Å². The highest BCUT2D eigenvalue weighted by Gasteiger charge is 2.23. The topological polar surface area (TPSA) is 122 Å². The Labute approximate surface area is 196 Å². The number of aromatic nitrogens is 3. The number of benzene rings is 1. The number of methoxy groups -OCH3 is 2.